The third-order valence-electron chi connectivity index (χ3n) is 3.96. The number of thiophene rings is 1. The first kappa shape index (κ1) is 16.2. The minimum Gasteiger partial charge on any atom is -0.363 e. The maximum Gasteiger partial charge on any atom is 0.140 e. The van der Waals surface area contributed by atoms with Crippen LogP contribution < -0.4 is 5.32 Å². The maximum absolute atomic E-state index is 6.27. The van der Waals surface area contributed by atoms with Gasteiger partial charge in [-0.1, -0.05) is 56.6 Å². The molecule has 0 saturated carbocycles. The lowest BCUT2D eigenvalue weighted by Gasteiger charge is -2.21. The van der Waals surface area contributed by atoms with Gasteiger partial charge < -0.3 is 5.32 Å². The second-order valence-corrected chi connectivity index (χ2v) is 7.99. The van der Waals surface area contributed by atoms with Gasteiger partial charge in [0, 0.05) is 11.4 Å². The minimum absolute atomic E-state index is 0.137. The zero-order valence-corrected chi connectivity index (χ0v) is 15.3. The fraction of sp³-hybridized carbons (Fsp3) is 0.333. The van der Waals surface area contributed by atoms with Crippen LogP contribution in [-0.2, 0) is 5.41 Å². The largest absolute Gasteiger partial charge is 0.363 e. The van der Waals surface area contributed by atoms with Crippen LogP contribution in [0, 0.1) is 0 Å². The molecule has 120 valence electrons. The molecule has 0 aliphatic heterocycles. The molecule has 0 aliphatic rings. The molecule has 3 nitrogen and oxygen atoms in total. The van der Waals surface area contributed by atoms with Crippen molar-refractivity contribution in [3.05, 3.63) is 52.1 Å². The molecule has 5 heteroatoms. The first-order chi connectivity index (χ1) is 10.9. The summed E-state index contributed by atoms with van der Waals surface area (Å²) in [5.74, 6) is 0.786. The van der Waals surface area contributed by atoms with Crippen LogP contribution in [0.25, 0.3) is 10.2 Å². The number of hydrogen-bond donors (Lipinski definition) is 1. The van der Waals surface area contributed by atoms with Crippen LogP contribution in [0.2, 0.25) is 5.02 Å². The molecule has 23 heavy (non-hydrogen) atoms. The van der Waals surface area contributed by atoms with Gasteiger partial charge in [-0.3, -0.25) is 0 Å². The lowest BCUT2D eigenvalue weighted by molar-refractivity contribution is 0.589. The zero-order chi connectivity index (χ0) is 16.6. The Bertz CT molecular complexity index is 818. The second kappa shape index (κ2) is 6.10. The fourth-order valence-electron chi connectivity index (χ4n) is 2.51. The van der Waals surface area contributed by atoms with Gasteiger partial charge in [-0.25, -0.2) is 9.97 Å². The normalized spacial score (nSPS) is 13.3. The van der Waals surface area contributed by atoms with E-state index < -0.39 is 0 Å². The van der Waals surface area contributed by atoms with Crippen LogP contribution in [0.4, 0.5) is 5.82 Å². The van der Waals surface area contributed by atoms with Gasteiger partial charge in [0.25, 0.3) is 0 Å². The molecule has 0 aliphatic carbocycles. The smallest absolute Gasteiger partial charge is 0.140 e. The van der Waals surface area contributed by atoms with E-state index in [9.17, 15) is 0 Å². The summed E-state index contributed by atoms with van der Waals surface area (Å²) in [7, 11) is 0. The van der Waals surface area contributed by atoms with Gasteiger partial charge in [0.2, 0.25) is 0 Å². The highest BCUT2D eigenvalue weighted by Crippen LogP contribution is 2.34. The monoisotopic (exact) mass is 345 g/mol. The number of aromatic nitrogens is 2. The summed E-state index contributed by atoms with van der Waals surface area (Å²) >= 11 is 7.80. The zero-order valence-electron chi connectivity index (χ0n) is 13.7. The van der Waals surface area contributed by atoms with Crippen LogP contribution in [0.3, 0.4) is 0 Å². The number of benzene rings is 1. The number of nitrogens with zero attached hydrogens (tertiary/aromatic N) is 2. The van der Waals surface area contributed by atoms with Gasteiger partial charge >= 0.3 is 0 Å². The summed E-state index contributed by atoms with van der Waals surface area (Å²) in [6.45, 7) is 8.79. The summed E-state index contributed by atoms with van der Waals surface area (Å²) in [4.78, 5) is 9.53. The Balaban J connectivity index is 1.86. The summed E-state index contributed by atoms with van der Waals surface area (Å²) in [6.07, 6.45) is 1.58. The Morgan fingerprint density at radius 1 is 1.13 bits per heavy atom. The van der Waals surface area contributed by atoms with Gasteiger partial charge in [-0.15, -0.1) is 11.3 Å². The van der Waals surface area contributed by atoms with Crippen LogP contribution in [0.15, 0.2) is 36.0 Å². The van der Waals surface area contributed by atoms with E-state index in [1.54, 1.807) is 6.33 Å². The molecule has 1 N–H and O–H groups in total. The first-order valence-corrected chi connectivity index (χ1v) is 8.86. The number of halogens is 1. The van der Waals surface area contributed by atoms with Crippen molar-refractivity contribution in [2.24, 2.45) is 0 Å². The van der Waals surface area contributed by atoms with Gasteiger partial charge in [0.15, 0.2) is 0 Å². The molecule has 2 heterocycles. The van der Waals surface area contributed by atoms with E-state index in [4.69, 9.17) is 11.6 Å². The third-order valence-corrected chi connectivity index (χ3v) is 5.27. The Hall–Kier alpha value is -1.65. The van der Waals surface area contributed by atoms with Crippen molar-refractivity contribution in [1.29, 1.82) is 0 Å². The number of nitrogens with one attached hydrogen (secondary N) is 1. The van der Waals surface area contributed by atoms with E-state index in [1.165, 1.54) is 22.5 Å². The number of anilines is 1. The predicted molar refractivity (Wildman–Crippen MR) is 99.6 cm³/mol. The maximum atomic E-state index is 6.27. The molecule has 1 unspecified atom stereocenters. The number of hydrogen-bond acceptors (Lipinski definition) is 4. The fourth-order valence-corrected chi connectivity index (χ4v) is 3.64. The quantitative estimate of drug-likeness (QED) is 0.650. The van der Waals surface area contributed by atoms with E-state index in [2.05, 4.69) is 67.2 Å². The summed E-state index contributed by atoms with van der Waals surface area (Å²) in [6, 6.07) is 8.87. The number of fused-ring (bicyclic) bond motifs is 1. The van der Waals surface area contributed by atoms with Crippen LogP contribution in [0.1, 0.15) is 44.9 Å². The molecule has 3 rings (SSSR count). The van der Waals surface area contributed by atoms with E-state index in [1.807, 2.05) is 5.38 Å². The molecule has 1 aromatic carbocycles. The van der Waals surface area contributed by atoms with Crippen molar-refractivity contribution in [1.82, 2.24) is 9.97 Å². The van der Waals surface area contributed by atoms with Crippen molar-refractivity contribution in [2.75, 3.05) is 5.32 Å². The molecule has 3 aromatic rings. The molecule has 0 amide bonds. The van der Waals surface area contributed by atoms with E-state index in [0.717, 1.165) is 16.0 Å². The lowest BCUT2D eigenvalue weighted by Crippen LogP contribution is -2.12. The summed E-state index contributed by atoms with van der Waals surface area (Å²) < 4.78 is 0. The highest BCUT2D eigenvalue weighted by molar-refractivity contribution is 7.17. The van der Waals surface area contributed by atoms with E-state index in [0.29, 0.717) is 5.02 Å². The van der Waals surface area contributed by atoms with Crippen molar-refractivity contribution >= 4 is 39.0 Å². The van der Waals surface area contributed by atoms with Gasteiger partial charge in [-0.05, 0) is 23.5 Å². The number of rotatable bonds is 3. The van der Waals surface area contributed by atoms with Gasteiger partial charge in [0.05, 0.1) is 10.4 Å². The predicted octanol–water partition coefficient (Wildman–Crippen LogP) is 5.82. The molecule has 2 aromatic heterocycles. The standard InChI is InChI=1S/C18H20ClN3S/c1-11(12-5-7-13(8-6-12)18(2,3)4)22-16-15-14(19)9-23-17(15)21-10-20-16/h5-11H,1-4H3,(H,20,21,22). The molecule has 0 saturated heterocycles. The van der Waals surface area contributed by atoms with Crippen LogP contribution in [-0.4, -0.2) is 9.97 Å². The van der Waals surface area contributed by atoms with Gasteiger partial charge in [0.1, 0.15) is 17.0 Å². The molecule has 1 atom stereocenters. The van der Waals surface area contributed by atoms with Crippen LogP contribution in [0.5, 0.6) is 0 Å². The average Bonchev–Trinajstić information content (AvgIpc) is 2.89. The molecule has 0 bridgehead atoms. The van der Waals surface area contributed by atoms with E-state index >= 15 is 0 Å². The van der Waals surface area contributed by atoms with Crippen molar-refractivity contribution in [2.45, 2.75) is 39.2 Å². The SMILES string of the molecule is CC(Nc1ncnc2scc(Cl)c12)c1ccc(C(C)(C)C)cc1. The first-order valence-electron chi connectivity index (χ1n) is 7.61. The molecular formula is C18H20ClN3S. The Kier molecular flexibility index (Phi) is 4.30. The molecule has 0 radical (unpaired) electrons. The topological polar surface area (TPSA) is 37.8 Å². The van der Waals surface area contributed by atoms with E-state index in [-0.39, 0.29) is 11.5 Å². The Morgan fingerprint density at radius 3 is 2.48 bits per heavy atom. The van der Waals surface area contributed by atoms with Gasteiger partial charge in [-0.2, -0.15) is 0 Å². The van der Waals surface area contributed by atoms with Crippen molar-refractivity contribution < 1.29 is 0 Å². The lowest BCUT2D eigenvalue weighted by atomic mass is 9.86. The summed E-state index contributed by atoms with van der Waals surface area (Å²) in [5, 5.41) is 6.95. The Labute approximate surface area is 145 Å². The Morgan fingerprint density at radius 2 is 1.83 bits per heavy atom. The molecule has 0 fully saturated rings. The minimum atomic E-state index is 0.137. The van der Waals surface area contributed by atoms with Crippen molar-refractivity contribution in [3.8, 4) is 0 Å². The molecule has 0 spiro atoms. The van der Waals surface area contributed by atoms with Crippen molar-refractivity contribution in [3.63, 3.8) is 0 Å². The summed E-state index contributed by atoms with van der Waals surface area (Å²) in [5.41, 5.74) is 2.72. The third kappa shape index (κ3) is 3.33. The average molecular weight is 346 g/mol. The second-order valence-electron chi connectivity index (χ2n) is 6.72. The highest BCUT2D eigenvalue weighted by Gasteiger charge is 2.16. The molecular weight excluding hydrogens is 326 g/mol. The highest BCUT2D eigenvalue weighted by atomic mass is 35.5. The van der Waals surface area contributed by atoms with Crippen LogP contribution >= 0.6 is 22.9 Å².